The Hall–Kier alpha value is -3.80. The third-order valence-corrected chi connectivity index (χ3v) is 30.8. The predicted octanol–water partition coefficient (Wildman–Crippen LogP) is 30.5. The van der Waals surface area contributed by atoms with Gasteiger partial charge in [0.25, 0.3) is 0 Å². The molecule has 0 amide bonds. The second-order valence-corrected chi connectivity index (χ2v) is 38.7. The van der Waals surface area contributed by atoms with Crippen molar-refractivity contribution in [2.24, 2.45) is 94.7 Å². The lowest BCUT2D eigenvalue weighted by atomic mass is 9.68. The molecule has 0 unspecified atom stereocenters. The molecule has 0 saturated heterocycles. The van der Waals surface area contributed by atoms with E-state index in [0.29, 0.717) is 0 Å². The molecule has 12 rings (SSSR count). The van der Waals surface area contributed by atoms with Crippen LogP contribution in [0.4, 0.5) is 0 Å². The zero-order valence-electron chi connectivity index (χ0n) is 71.5. The highest BCUT2D eigenvalue weighted by Crippen LogP contribution is 2.49. The van der Waals surface area contributed by atoms with Crippen molar-refractivity contribution in [3.63, 3.8) is 0 Å². The van der Waals surface area contributed by atoms with Gasteiger partial charge < -0.3 is 9.47 Å². The number of aromatic nitrogens is 4. The zero-order valence-corrected chi connectivity index (χ0v) is 71.5. The lowest BCUT2D eigenvalue weighted by Gasteiger charge is -2.38. The first kappa shape index (κ1) is 85.1. The van der Waals surface area contributed by atoms with E-state index in [9.17, 15) is 0 Å². The van der Waals surface area contributed by atoms with Crippen molar-refractivity contribution in [1.82, 2.24) is 19.9 Å². The van der Waals surface area contributed by atoms with Crippen molar-refractivity contribution in [1.29, 1.82) is 0 Å². The lowest BCUT2D eigenvalue weighted by molar-refractivity contribution is 0.142. The van der Waals surface area contributed by atoms with Crippen LogP contribution < -0.4 is 9.47 Å². The summed E-state index contributed by atoms with van der Waals surface area (Å²) in [6.07, 6.45) is 88.3. The van der Waals surface area contributed by atoms with Crippen LogP contribution in [0.5, 0.6) is 23.0 Å². The number of pyridine rings is 4. The number of hydrogen-bond donors (Lipinski definition) is 0. The molecule has 0 aromatic carbocycles. The summed E-state index contributed by atoms with van der Waals surface area (Å²) >= 11 is 0. The summed E-state index contributed by atoms with van der Waals surface area (Å²) in [5.74, 6) is 18.8. The first-order valence-electron chi connectivity index (χ1n) is 48.4. The van der Waals surface area contributed by atoms with Crippen LogP contribution in [0.15, 0.2) is 49.1 Å². The van der Waals surface area contributed by atoms with Crippen molar-refractivity contribution in [2.75, 3.05) is 0 Å². The van der Waals surface area contributed by atoms with E-state index in [1.165, 1.54) is 353 Å². The molecule has 8 aliphatic rings. The molecule has 4 aromatic heterocycles. The number of nitrogens with zero attached hydrogens (tertiary/aromatic N) is 4. The van der Waals surface area contributed by atoms with Gasteiger partial charge in [-0.15, -0.1) is 0 Å². The van der Waals surface area contributed by atoms with Crippen molar-refractivity contribution < 1.29 is 9.47 Å². The fourth-order valence-corrected chi connectivity index (χ4v) is 24.0. The highest BCUT2D eigenvalue weighted by atomic mass is 16.5. The molecule has 6 nitrogen and oxygen atoms in total. The van der Waals surface area contributed by atoms with Gasteiger partial charge >= 0.3 is 0 Å². The second kappa shape index (κ2) is 46.5. The third-order valence-electron chi connectivity index (χ3n) is 30.8. The van der Waals surface area contributed by atoms with E-state index in [0.717, 1.165) is 182 Å². The molecule has 108 heavy (non-hydrogen) atoms. The highest BCUT2D eigenvalue weighted by molar-refractivity contribution is 5.38. The number of rotatable bonds is 38. The largest absolute Gasteiger partial charge is 0.454 e. The van der Waals surface area contributed by atoms with E-state index in [2.05, 4.69) is 79.7 Å². The minimum absolute atomic E-state index is 0.788. The Balaban J connectivity index is 0.000000215. The van der Waals surface area contributed by atoms with Gasteiger partial charge in [-0.25, -0.2) is 0 Å². The molecule has 0 aliphatic heterocycles. The first-order chi connectivity index (χ1) is 53.1. The summed E-state index contributed by atoms with van der Waals surface area (Å²) < 4.78 is 13.3. The van der Waals surface area contributed by atoms with Crippen LogP contribution in [-0.2, 0) is 51.4 Å². The number of ether oxygens (including phenoxy) is 2. The first-order valence-corrected chi connectivity index (χ1v) is 48.4. The maximum atomic E-state index is 6.65. The molecule has 0 spiro atoms. The zero-order chi connectivity index (χ0) is 75.1. The SMILES string of the molecule is CCCCC1CCC(C2CCC(Cc3cc(Oc4cnc(CCC)c(CC5CCC(C6CCC(CCCC)CC6)CC5)c4)cnc3CCC)CC2)CC1.CCCCCC1CCC(C2CCC(Cc3cc(Oc4cnc(CCC)c(CC5CCC(C6CCC(CCCCC)CC6)CC5)c4)cnc3CCC)CC2)CC1. The van der Waals surface area contributed by atoms with Gasteiger partial charge in [-0.05, 0) is 347 Å². The Morgan fingerprint density at radius 3 is 0.593 bits per heavy atom. The van der Waals surface area contributed by atoms with Crippen molar-refractivity contribution in [3.8, 4) is 23.0 Å². The molecular weight excluding hydrogens is 1310 g/mol. The third kappa shape index (κ3) is 26.6. The Morgan fingerprint density at radius 2 is 0.407 bits per heavy atom. The molecule has 0 bridgehead atoms. The topological polar surface area (TPSA) is 70.0 Å². The highest BCUT2D eigenvalue weighted by Gasteiger charge is 2.36. The summed E-state index contributed by atoms with van der Waals surface area (Å²) in [6.45, 7) is 18.5. The van der Waals surface area contributed by atoms with Crippen LogP contribution in [0.3, 0.4) is 0 Å². The van der Waals surface area contributed by atoms with Gasteiger partial charge in [0.1, 0.15) is 23.0 Å². The monoisotopic (exact) mass is 1480 g/mol. The van der Waals surface area contributed by atoms with Crippen LogP contribution in [-0.4, -0.2) is 19.9 Å². The van der Waals surface area contributed by atoms with Crippen LogP contribution in [0, 0.1) is 94.7 Å². The molecule has 0 atom stereocenters. The van der Waals surface area contributed by atoms with Gasteiger partial charge in [-0.1, -0.05) is 222 Å². The summed E-state index contributed by atoms with van der Waals surface area (Å²) in [4.78, 5) is 20.1. The lowest BCUT2D eigenvalue weighted by Crippen LogP contribution is -2.26. The molecule has 604 valence electrons. The average Bonchev–Trinajstić information content (AvgIpc) is 0.835. The van der Waals surface area contributed by atoms with Crippen LogP contribution in [0.1, 0.15) is 421 Å². The van der Waals surface area contributed by atoms with Crippen LogP contribution in [0.2, 0.25) is 0 Å². The molecule has 8 fully saturated rings. The normalized spacial score (nSPS) is 29.3. The van der Waals surface area contributed by atoms with Crippen molar-refractivity contribution in [2.45, 2.75) is 428 Å². The minimum atomic E-state index is 0.788. The van der Waals surface area contributed by atoms with E-state index in [1.54, 1.807) is 0 Å². The van der Waals surface area contributed by atoms with Crippen LogP contribution in [0.25, 0.3) is 0 Å². The van der Waals surface area contributed by atoms with Gasteiger partial charge in [0.15, 0.2) is 0 Å². The quantitative estimate of drug-likeness (QED) is 0.0417. The standard InChI is InChI=1S/C52H84N2O.C50H80N2O/c1-5-9-11-15-39-17-25-43(26-18-39)45-29-21-41(22-30-45)33-47-35-49(37-53-51(47)13-7-3)55-50-36-48(52(14-8-4)54-38-50)34-42-23-31-46(32-24-42)44-27-19-40(20-28-44)16-12-10-6-2;1-5-9-13-37-15-23-41(24-16-37)43-27-19-39(20-28-43)31-45-33-47(35-51-49(45)11-7-3)53-48-34-46(50(12-8-4)52-36-48)32-40-21-29-44(30-22-40)42-25-17-38(18-26-42)14-10-6-2/h35-46H,5-34H2,1-4H3;33-44H,5-32H2,1-4H3. The minimum Gasteiger partial charge on any atom is -0.454 e. The van der Waals surface area contributed by atoms with E-state index in [4.69, 9.17) is 29.4 Å². The number of unbranched alkanes of at least 4 members (excludes halogenated alkanes) is 6. The molecule has 0 N–H and O–H groups in total. The maximum absolute atomic E-state index is 6.65. The molecule has 4 heterocycles. The fraction of sp³-hybridized carbons (Fsp3) is 0.804. The molecule has 8 saturated carbocycles. The van der Waals surface area contributed by atoms with Crippen molar-refractivity contribution in [3.05, 3.63) is 94.1 Å². The summed E-state index contributed by atoms with van der Waals surface area (Å²) in [5, 5.41) is 0. The van der Waals surface area contributed by atoms with Gasteiger partial charge in [0.05, 0.1) is 24.8 Å². The Bertz CT molecular complexity index is 2880. The summed E-state index contributed by atoms with van der Waals surface area (Å²) in [7, 11) is 0. The second-order valence-electron chi connectivity index (χ2n) is 38.7. The maximum Gasteiger partial charge on any atom is 0.146 e. The molecule has 4 aromatic rings. The van der Waals surface area contributed by atoms with Gasteiger partial charge in [-0.2, -0.15) is 0 Å². The van der Waals surface area contributed by atoms with E-state index < -0.39 is 0 Å². The van der Waals surface area contributed by atoms with Gasteiger partial charge in [0.2, 0.25) is 0 Å². The number of aryl methyl sites for hydroxylation is 4. The summed E-state index contributed by atoms with van der Waals surface area (Å²) in [5.41, 5.74) is 10.9. The molecule has 0 radical (unpaired) electrons. The smallest absolute Gasteiger partial charge is 0.146 e. The molecule has 8 aliphatic carbocycles. The Morgan fingerprint density at radius 1 is 0.222 bits per heavy atom. The Labute approximate surface area is 665 Å². The van der Waals surface area contributed by atoms with E-state index >= 15 is 0 Å². The molecular formula is C102H164N4O2. The molecule has 6 heteroatoms. The van der Waals surface area contributed by atoms with Crippen molar-refractivity contribution >= 4 is 0 Å². The van der Waals surface area contributed by atoms with Gasteiger partial charge in [-0.3, -0.25) is 19.9 Å². The number of hydrogen-bond acceptors (Lipinski definition) is 6. The van der Waals surface area contributed by atoms with E-state index in [-0.39, 0.29) is 0 Å². The summed E-state index contributed by atoms with van der Waals surface area (Å²) in [6, 6.07) is 9.40. The predicted molar refractivity (Wildman–Crippen MR) is 459 cm³/mol. The average molecular weight is 1480 g/mol. The van der Waals surface area contributed by atoms with E-state index in [1.807, 2.05) is 24.8 Å². The fourth-order valence-electron chi connectivity index (χ4n) is 24.0. The van der Waals surface area contributed by atoms with Gasteiger partial charge in [0, 0.05) is 22.8 Å². The van der Waals surface area contributed by atoms with Crippen LogP contribution >= 0.6 is 0 Å². The Kier molecular flexibility index (Phi) is 36.7.